The van der Waals surface area contributed by atoms with Crippen LogP contribution in [0.2, 0.25) is 0 Å². The Morgan fingerprint density at radius 3 is 2.41 bits per heavy atom. The highest BCUT2D eigenvalue weighted by Gasteiger charge is 2.39. The zero-order chi connectivity index (χ0) is 23.5. The summed E-state index contributed by atoms with van der Waals surface area (Å²) in [5, 5.41) is 7.64. The molecule has 0 aromatic carbocycles. The van der Waals surface area contributed by atoms with E-state index in [1.165, 1.54) is 71.4 Å². The van der Waals surface area contributed by atoms with Crippen LogP contribution in [0.15, 0.2) is 0 Å². The fourth-order valence-electron chi connectivity index (χ4n) is 7.55. The van der Waals surface area contributed by atoms with Gasteiger partial charge < -0.3 is 15.5 Å². The first-order valence-electron chi connectivity index (χ1n) is 14.3. The molecule has 0 spiro atoms. The summed E-state index contributed by atoms with van der Waals surface area (Å²) in [5.74, 6) is 6.68. The van der Waals surface area contributed by atoms with Crippen molar-refractivity contribution in [1.82, 2.24) is 15.5 Å². The summed E-state index contributed by atoms with van der Waals surface area (Å²) < 4.78 is 0. The molecule has 188 valence electrons. The SMILES string of the molecule is CC(C)C1CNC(CC(C)C2(C)CCCN(CCC(C)C3CNCC(C)C3C)C2)CC1C. The molecule has 0 aromatic heterocycles. The van der Waals surface area contributed by atoms with Crippen molar-refractivity contribution < 1.29 is 0 Å². The molecule has 3 fully saturated rings. The van der Waals surface area contributed by atoms with Gasteiger partial charge in [-0.2, -0.15) is 0 Å². The third-order valence-corrected chi connectivity index (χ3v) is 10.6. The summed E-state index contributed by atoms with van der Waals surface area (Å²) in [7, 11) is 0. The van der Waals surface area contributed by atoms with Crippen molar-refractivity contribution in [3.63, 3.8) is 0 Å². The second-order valence-electron chi connectivity index (χ2n) is 13.3. The predicted octanol–water partition coefficient (Wildman–Crippen LogP) is 5.90. The van der Waals surface area contributed by atoms with E-state index in [1.54, 1.807) is 0 Å². The molecule has 3 heteroatoms. The minimum atomic E-state index is 0.482. The fraction of sp³-hybridized carbons (Fsp3) is 1.00. The summed E-state index contributed by atoms with van der Waals surface area (Å²) in [6.07, 6.45) is 6.90. The Morgan fingerprint density at radius 1 is 0.969 bits per heavy atom. The molecular weight excluding hydrogens is 390 g/mol. The fourth-order valence-corrected chi connectivity index (χ4v) is 7.55. The lowest BCUT2D eigenvalue weighted by Gasteiger charge is -2.47. The molecule has 0 radical (unpaired) electrons. The Labute approximate surface area is 201 Å². The van der Waals surface area contributed by atoms with Crippen molar-refractivity contribution in [2.45, 2.75) is 93.5 Å². The van der Waals surface area contributed by atoms with Crippen LogP contribution in [0, 0.1) is 52.8 Å². The van der Waals surface area contributed by atoms with E-state index in [0.29, 0.717) is 5.41 Å². The quantitative estimate of drug-likeness (QED) is 0.485. The highest BCUT2D eigenvalue weighted by Crippen LogP contribution is 2.41. The third-order valence-electron chi connectivity index (χ3n) is 10.6. The van der Waals surface area contributed by atoms with E-state index in [4.69, 9.17) is 0 Å². The van der Waals surface area contributed by atoms with Crippen LogP contribution in [0.3, 0.4) is 0 Å². The van der Waals surface area contributed by atoms with Gasteiger partial charge in [-0.25, -0.2) is 0 Å². The number of hydrogen-bond donors (Lipinski definition) is 2. The van der Waals surface area contributed by atoms with Crippen molar-refractivity contribution in [3.8, 4) is 0 Å². The molecule has 3 heterocycles. The lowest BCUT2D eigenvalue weighted by Crippen LogP contribution is -2.49. The average molecular weight is 448 g/mol. The van der Waals surface area contributed by atoms with E-state index in [-0.39, 0.29) is 0 Å². The lowest BCUT2D eigenvalue weighted by molar-refractivity contribution is 0.0364. The van der Waals surface area contributed by atoms with Crippen LogP contribution >= 0.6 is 0 Å². The first kappa shape index (κ1) is 26.5. The number of hydrogen-bond acceptors (Lipinski definition) is 3. The first-order chi connectivity index (χ1) is 15.1. The van der Waals surface area contributed by atoms with Crippen molar-refractivity contribution in [2.75, 3.05) is 39.3 Å². The normalized spacial score (nSPS) is 41.5. The molecule has 0 aliphatic carbocycles. The minimum absolute atomic E-state index is 0.482. The Kier molecular flexibility index (Phi) is 9.55. The van der Waals surface area contributed by atoms with Crippen LogP contribution in [0.25, 0.3) is 0 Å². The van der Waals surface area contributed by atoms with Gasteiger partial charge in [0.15, 0.2) is 0 Å². The maximum absolute atomic E-state index is 3.94. The molecule has 9 unspecified atom stereocenters. The molecular formula is C29H57N3. The largest absolute Gasteiger partial charge is 0.316 e. The molecule has 0 bridgehead atoms. The number of nitrogens with zero attached hydrogens (tertiary/aromatic N) is 1. The van der Waals surface area contributed by atoms with Gasteiger partial charge in [-0.15, -0.1) is 0 Å². The zero-order valence-electron chi connectivity index (χ0n) is 22.9. The molecule has 0 saturated carbocycles. The third kappa shape index (κ3) is 6.51. The van der Waals surface area contributed by atoms with Crippen molar-refractivity contribution in [1.29, 1.82) is 0 Å². The van der Waals surface area contributed by atoms with E-state index >= 15 is 0 Å². The highest BCUT2D eigenvalue weighted by atomic mass is 15.1. The van der Waals surface area contributed by atoms with Crippen LogP contribution in [0.5, 0.6) is 0 Å². The number of likely N-dealkylation sites (tertiary alicyclic amines) is 1. The predicted molar refractivity (Wildman–Crippen MR) is 140 cm³/mol. The van der Waals surface area contributed by atoms with E-state index in [0.717, 1.165) is 53.4 Å². The van der Waals surface area contributed by atoms with Crippen molar-refractivity contribution >= 4 is 0 Å². The second-order valence-corrected chi connectivity index (χ2v) is 13.3. The second kappa shape index (κ2) is 11.5. The standard InChI is InChI=1S/C29H57N3/c1-20(2)27-18-31-26(14-22(27)4)15-24(6)29(8)11-9-12-32(19-29)13-10-21(3)28-17-30-16-23(5)25(28)7/h20-28,30-31H,9-19H2,1-8H3. The van der Waals surface area contributed by atoms with E-state index in [1.807, 2.05) is 0 Å². The van der Waals surface area contributed by atoms with Gasteiger partial charge in [0.1, 0.15) is 0 Å². The van der Waals surface area contributed by atoms with Crippen LogP contribution in [0.4, 0.5) is 0 Å². The molecule has 3 nitrogen and oxygen atoms in total. The molecule has 3 aliphatic heterocycles. The van der Waals surface area contributed by atoms with Gasteiger partial charge >= 0.3 is 0 Å². The molecule has 3 aliphatic rings. The summed E-state index contributed by atoms with van der Waals surface area (Å²) in [6.45, 7) is 27.5. The number of piperidine rings is 3. The Hall–Kier alpha value is -0.120. The zero-order valence-corrected chi connectivity index (χ0v) is 22.9. The highest BCUT2D eigenvalue weighted by molar-refractivity contribution is 4.92. The monoisotopic (exact) mass is 447 g/mol. The lowest BCUT2D eigenvalue weighted by atomic mass is 9.68. The Bertz CT molecular complexity index is 563. The topological polar surface area (TPSA) is 27.3 Å². The Morgan fingerprint density at radius 2 is 1.72 bits per heavy atom. The van der Waals surface area contributed by atoms with E-state index in [2.05, 4.69) is 70.9 Å². The van der Waals surface area contributed by atoms with Gasteiger partial charge in [0, 0.05) is 12.6 Å². The molecule has 3 rings (SSSR count). The number of nitrogens with one attached hydrogen (secondary N) is 2. The van der Waals surface area contributed by atoms with Gasteiger partial charge in [0.05, 0.1) is 0 Å². The molecule has 32 heavy (non-hydrogen) atoms. The summed E-state index contributed by atoms with van der Waals surface area (Å²) in [5.41, 5.74) is 0.482. The molecule has 9 atom stereocenters. The van der Waals surface area contributed by atoms with Crippen LogP contribution in [-0.2, 0) is 0 Å². The smallest absolute Gasteiger partial charge is 0.00725 e. The van der Waals surface area contributed by atoms with E-state index in [9.17, 15) is 0 Å². The first-order valence-corrected chi connectivity index (χ1v) is 14.3. The number of rotatable bonds is 8. The van der Waals surface area contributed by atoms with Gasteiger partial charge in [0.25, 0.3) is 0 Å². The van der Waals surface area contributed by atoms with Gasteiger partial charge in [-0.3, -0.25) is 0 Å². The minimum Gasteiger partial charge on any atom is -0.316 e. The maximum Gasteiger partial charge on any atom is 0.00725 e. The molecule has 0 amide bonds. The molecule has 0 aromatic rings. The van der Waals surface area contributed by atoms with Gasteiger partial charge in [-0.05, 0) is 118 Å². The van der Waals surface area contributed by atoms with Crippen LogP contribution in [-0.4, -0.2) is 50.2 Å². The maximum atomic E-state index is 3.94. The summed E-state index contributed by atoms with van der Waals surface area (Å²) >= 11 is 0. The van der Waals surface area contributed by atoms with Gasteiger partial charge in [-0.1, -0.05) is 55.4 Å². The van der Waals surface area contributed by atoms with Gasteiger partial charge in [0.2, 0.25) is 0 Å². The van der Waals surface area contributed by atoms with Crippen LogP contribution in [0.1, 0.15) is 87.5 Å². The average Bonchev–Trinajstić information content (AvgIpc) is 2.74. The van der Waals surface area contributed by atoms with Crippen molar-refractivity contribution in [3.05, 3.63) is 0 Å². The Balaban J connectivity index is 1.47. The summed E-state index contributed by atoms with van der Waals surface area (Å²) in [4.78, 5) is 2.83. The molecule has 2 N–H and O–H groups in total. The molecule has 3 saturated heterocycles. The van der Waals surface area contributed by atoms with Crippen LogP contribution < -0.4 is 10.6 Å². The summed E-state index contributed by atoms with van der Waals surface area (Å²) in [6, 6.07) is 0.726. The van der Waals surface area contributed by atoms with Crippen molar-refractivity contribution in [2.24, 2.45) is 52.8 Å². The van der Waals surface area contributed by atoms with E-state index < -0.39 is 0 Å².